The van der Waals surface area contributed by atoms with Gasteiger partial charge in [0.15, 0.2) is 23.0 Å². The minimum Gasteiger partial charge on any atom is -0.490 e. The molecule has 0 fully saturated rings. The average molecular weight is 429 g/mol. The molecule has 7 nitrogen and oxygen atoms in total. The van der Waals surface area contributed by atoms with Crippen LogP contribution in [-0.4, -0.2) is 45.7 Å². The number of carbonyl (C=O) groups excluding carboxylic acids is 1. The van der Waals surface area contributed by atoms with Gasteiger partial charge in [-0.3, -0.25) is 9.20 Å². The highest BCUT2D eigenvalue weighted by atomic mass is 32.2. The van der Waals surface area contributed by atoms with Crippen molar-refractivity contribution < 1.29 is 14.3 Å². The summed E-state index contributed by atoms with van der Waals surface area (Å²) in [7, 11) is 0. The van der Waals surface area contributed by atoms with E-state index in [0.717, 1.165) is 29.4 Å². The topological polar surface area (TPSA) is 77.8 Å². The van der Waals surface area contributed by atoms with E-state index >= 15 is 0 Å². The number of nitrogens with zero attached hydrogens (tertiary/aromatic N) is 3. The summed E-state index contributed by atoms with van der Waals surface area (Å²) in [5.74, 6) is 3.09. The number of carbonyl (C=O) groups is 1. The van der Waals surface area contributed by atoms with Crippen LogP contribution in [0.25, 0.3) is 5.65 Å². The molecule has 0 bridgehead atoms. The van der Waals surface area contributed by atoms with E-state index in [1.165, 1.54) is 0 Å². The van der Waals surface area contributed by atoms with E-state index in [4.69, 9.17) is 9.47 Å². The number of benzene rings is 1. The summed E-state index contributed by atoms with van der Waals surface area (Å²) in [5.41, 5.74) is 0.775. The lowest BCUT2D eigenvalue weighted by Crippen LogP contribution is -2.30. The fourth-order valence-corrected chi connectivity index (χ4v) is 3.60. The van der Waals surface area contributed by atoms with Crippen molar-refractivity contribution in [2.75, 3.05) is 25.2 Å². The van der Waals surface area contributed by atoms with E-state index < -0.39 is 0 Å². The van der Waals surface area contributed by atoms with E-state index in [9.17, 15) is 4.79 Å². The molecule has 3 aromatic rings. The normalized spacial score (nSPS) is 11.9. The van der Waals surface area contributed by atoms with Gasteiger partial charge >= 0.3 is 0 Å². The van der Waals surface area contributed by atoms with Crippen LogP contribution in [0.3, 0.4) is 0 Å². The van der Waals surface area contributed by atoms with Crippen LogP contribution >= 0.6 is 11.8 Å². The van der Waals surface area contributed by atoms with Gasteiger partial charge in [-0.25, -0.2) is 0 Å². The zero-order chi connectivity index (χ0) is 21.2. The fraction of sp³-hybridized carbons (Fsp3) is 0.409. The van der Waals surface area contributed by atoms with E-state index in [1.54, 1.807) is 11.8 Å². The highest BCUT2D eigenvalue weighted by molar-refractivity contribution is 7.98. The Kier molecular flexibility index (Phi) is 8.38. The van der Waals surface area contributed by atoms with Crippen molar-refractivity contribution >= 4 is 23.3 Å². The third kappa shape index (κ3) is 5.89. The molecule has 0 aliphatic heterocycles. The van der Waals surface area contributed by atoms with Crippen LogP contribution in [-0.2, 0) is 4.79 Å². The molecule has 0 saturated heterocycles. The first-order chi connectivity index (χ1) is 14.7. The molecule has 0 aliphatic rings. The average Bonchev–Trinajstić information content (AvgIpc) is 3.19. The molecule has 30 heavy (non-hydrogen) atoms. The largest absolute Gasteiger partial charge is 0.490 e. The van der Waals surface area contributed by atoms with Crippen molar-refractivity contribution in [3.63, 3.8) is 0 Å². The smallest absolute Gasteiger partial charge is 0.220 e. The van der Waals surface area contributed by atoms with Gasteiger partial charge in [0.05, 0.1) is 19.3 Å². The third-order valence-electron chi connectivity index (χ3n) is 4.55. The number of hydrogen-bond acceptors (Lipinski definition) is 6. The summed E-state index contributed by atoms with van der Waals surface area (Å²) in [4.78, 5) is 12.6. The maximum Gasteiger partial charge on any atom is 0.220 e. The van der Waals surface area contributed by atoms with E-state index in [2.05, 4.69) is 21.8 Å². The highest BCUT2D eigenvalue weighted by Gasteiger charge is 2.20. The molecule has 1 unspecified atom stereocenters. The molecular weight excluding hydrogens is 400 g/mol. The third-order valence-corrected chi connectivity index (χ3v) is 5.20. The molecule has 0 radical (unpaired) electrons. The Morgan fingerprint density at radius 3 is 2.67 bits per heavy atom. The maximum absolute atomic E-state index is 12.6. The number of ether oxygens (including phenoxy) is 2. The highest BCUT2D eigenvalue weighted by Crippen LogP contribution is 2.26. The van der Waals surface area contributed by atoms with Gasteiger partial charge in [-0.15, -0.1) is 10.2 Å². The summed E-state index contributed by atoms with van der Waals surface area (Å²) in [6.07, 6.45) is 5.76. The van der Waals surface area contributed by atoms with Gasteiger partial charge in [0, 0.05) is 12.6 Å². The lowest BCUT2D eigenvalue weighted by atomic mass is 10.2. The monoisotopic (exact) mass is 428 g/mol. The molecule has 2 heterocycles. The van der Waals surface area contributed by atoms with Crippen LogP contribution in [0.1, 0.15) is 38.1 Å². The number of amides is 1. The molecule has 3 rings (SSSR count). The lowest BCUT2D eigenvalue weighted by Gasteiger charge is -2.17. The first-order valence-corrected chi connectivity index (χ1v) is 11.5. The zero-order valence-corrected chi connectivity index (χ0v) is 18.2. The molecule has 2 aromatic heterocycles. The Morgan fingerprint density at radius 1 is 1.13 bits per heavy atom. The predicted molar refractivity (Wildman–Crippen MR) is 119 cm³/mol. The SMILES string of the molecule is CCOc1ccccc1OCCCC(=O)NC(CCSC)c1nnc2ccccn12. The second-order valence-electron chi connectivity index (χ2n) is 6.72. The molecular formula is C22H28N4O3S. The van der Waals surface area contributed by atoms with Crippen molar-refractivity contribution in [3.8, 4) is 11.5 Å². The number of thioether (sulfide) groups is 1. The van der Waals surface area contributed by atoms with E-state index in [-0.39, 0.29) is 11.9 Å². The van der Waals surface area contributed by atoms with Gasteiger partial charge in [-0.2, -0.15) is 11.8 Å². The van der Waals surface area contributed by atoms with Crippen LogP contribution < -0.4 is 14.8 Å². The van der Waals surface area contributed by atoms with Gasteiger partial charge < -0.3 is 14.8 Å². The van der Waals surface area contributed by atoms with Crippen molar-refractivity contribution in [2.24, 2.45) is 0 Å². The summed E-state index contributed by atoms with van der Waals surface area (Å²) in [5, 5.41) is 11.6. The van der Waals surface area contributed by atoms with Crippen molar-refractivity contribution in [1.29, 1.82) is 0 Å². The number of para-hydroxylation sites is 2. The minimum absolute atomic E-state index is 0.0181. The summed E-state index contributed by atoms with van der Waals surface area (Å²) in [6, 6.07) is 13.2. The predicted octanol–water partition coefficient (Wildman–Crippen LogP) is 3.90. The number of aromatic nitrogens is 3. The molecule has 8 heteroatoms. The molecule has 1 atom stereocenters. The van der Waals surface area contributed by atoms with E-state index in [0.29, 0.717) is 31.8 Å². The van der Waals surface area contributed by atoms with Crippen LogP contribution in [0.4, 0.5) is 0 Å². The van der Waals surface area contributed by atoms with Crippen LogP contribution in [0.15, 0.2) is 48.7 Å². The molecule has 1 aromatic carbocycles. The second kappa shape index (κ2) is 11.4. The summed E-state index contributed by atoms with van der Waals surface area (Å²) in [6.45, 7) is 2.96. The molecule has 1 amide bonds. The molecule has 0 aliphatic carbocycles. The summed E-state index contributed by atoms with van der Waals surface area (Å²) < 4.78 is 13.3. The zero-order valence-electron chi connectivity index (χ0n) is 17.4. The van der Waals surface area contributed by atoms with Gasteiger partial charge in [-0.1, -0.05) is 18.2 Å². The Balaban J connectivity index is 1.54. The number of hydrogen-bond donors (Lipinski definition) is 1. The van der Waals surface area contributed by atoms with Crippen molar-refractivity contribution in [3.05, 3.63) is 54.5 Å². The quantitative estimate of drug-likeness (QED) is 0.441. The first-order valence-electron chi connectivity index (χ1n) is 10.2. The number of rotatable bonds is 12. The van der Waals surface area contributed by atoms with Gasteiger partial charge in [-0.05, 0) is 56.0 Å². The van der Waals surface area contributed by atoms with Crippen molar-refractivity contribution in [2.45, 2.75) is 32.2 Å². The van der Waals surface area contributed by atoms with Crippen molar-refractivity contribution in [1.82, 2.24) is 19.9 Å². The second-order valence-corrected chi connectivity index (χ2v) is 7.71. The fourth-order valence-electron chi connectivity index (χ4n) is 3.12. The molecule has 160 valence electrons. The number of fused-ring (bicyclic) bond motifs is 1. The van der Waals surface area contributed by atoms with Crippen LogP contribution in [0, 0.1) is 0 Å². The van der Waals surface area contributed by atoms with Gasteiger partial charge in [0.1, 0.15) is 0 Å². The van der Waals surface area contributed by atoms with Gasteiger partial charge in [0.2, 0.25) is 5.91 Å². The lowest BCUT2D eigenvalue weighted by molar-refractivity contribution is -0.122. The Labute approximate surface area is 181 Å². The van der Waals surface area contributed by atoms with Gasteiger partial charge in [0.25, 0.3) is 0 Å². The molecule has 1 N–H and O–H groups in total. The van der Waals surface area contributed by atoms with Crippen LogP contribution in [0.2, 0.25) is 0 Å². The van der Waals surface area contributed by atoms with Crippen LogP contribution in [0.5, 0.6) is 11.5 Å². The maximum atomic E-state index is 12.6. The number of pyridine rings is 1. The standard InChI is InChI=1S/C22H28N4O3S/c1-3-28-18-9-4-5-10-19(18)29-15-8-12-21(27)23-17(13-16-30-2)22-25-24-20-11-6-7-14-26(20)22/h4-7,9-11,14,17H,3,8,12-13,15-16H2,1-2H3,(H,23,27). The molecule has 0 spiro atoms. The van der Waals surface area contributed by atoms with E-state index in [1.807, 2.05) is 60.0 Å². The summed E-state index contributed by atoms with van der Waals surface area (Å²) >= 11 is 1.74. The number of nitrogens with one attached hydrogen (secondary N) is 1. The minimum atomic E-state index is -0.179. The Morgan fingerprint density at radius 2 is 1.90 bits per heavy atom. The first kappa shape index (κ1) is 22.0. The molecule has 0 saturated carbocycles. The Bertz CT molecular complexity index is 947. The Hall–Kier alpha value is -2.74.